The van der Waals surface area contributed by atoms with Crippen molar-refractivity contribution in [2.45, 2.75) is 65.0 Å². The third-order valence-electron chi connectivity index (χ3n) is 5.49. The molecule has 0 aliphatic carbocycles. The highest BCUT2D eigenvalue weighted by Crippen LogP contribution is 2.30. The van der Waals surface area contributed by atoms with Gasteiger partial charge in [0.1, 0.15) is 17.1 Å². The van der Waals surface area contributed by atoms with Gasteiger partial charge < -0.3 is 24.8 Å². The van der Waals surface area contributed by atoms with E-state index >= 15 is 0 Å². The van der Waals surface area contributed by atoms with Crippen LogP contribution in [0.1, 0.15) is 52.1 Å². The van der Waals surface area contributed by atoms with E-state index in [-0.39, 0.29) is 12.1 Å². The molecule has 2 N–H and O–H groups in total. The van der Waals surface area contributed by atoms with Gasteiger partial charge in [-0.1, -0.05) is 0 Å². The largest absolute Gasteiger partial charge is 0.444 e. The molecule has 1 amide bonds. The molecule has 0 bridgehead atoms. The number of ether oxygens (including phenoxy) is 1. The van der Waals surface area contributed by atoms with Crippen LogP contribution in [0.3, 0.4) is 0 Å². The number of H-pyrrole nitrogens is 1. The average molecular weight is 401 g/mol. The molecule has 8 nitrogen and oxygen atoms in total. The topological polar surface area (TPSA) is 86.4 Å². The lowest BCUT2D eigenvalue weighted by Crippen LogP contribution is -2.46. The summed E-state index contributed by atoms with van der Waals surface area (Å²) in [5.41, 5.74) is 1.52. The van der Waals surface area contributed by atoms with E-state index in [0.29, 0.717) is 0 Å². The summed E-state index contributed by atoms with van der Waals surface area (Å²) in [6, 6.07) is 2.26. The van der Waals surface area contributed by atoms with Crippen molar-refractivity contribution in [3.63, 3.8) is 0 Å². The lowest BCUT2D eigenvalue weighted by Gasteiger charge is -2.34. The molecule has 2 aliphatic heterocycles. The number of nitrogens with zero attached hydrogens (tertiary/aromatic N) is 4. The molecule has 2 saturated heterocycles. The lowest BCUT2D eigenvalue weighted by molar-refractivity contribution is 0.0497. The molecule has 158 valence electrons. The van der Waals surface area contributed by atoms with Crippen molar-refractivity contribution >= 4 is 28.9 Å². The number of aryl methyl sites for hydroxylation is 1. The first-order valence-electron chi connectivity index (χ1n) is 10.7. The lowest BCUT2D eigenvalue weighted by atomic mass is 10.0. The van der Waals surface area contributed by atoms with Gasteiger partial charge in [0, 0.05) is 37.9 Å². The number of fused-ring (bicyclic) bond motifs is 1. The second-order valence-electron chi connectivity index (χ2n) is 9.16. The van der Waals surface area contributed by atoms with Crippen molar-refractivity contribution in [3.8, 4) is 0 Å². The van der Waals surface area contributed by atoms with E-state index in [9.17, 15) is 4.79 Å². The van der Waals surface area contributed by atoms with Gasteiger partial charge in [0.2, 0.25) is 5.95 Å². The number of carbonyl (C=O) groups is 1. The molecule has 0 aromatic carbocycles. The predicted molar refractivity (Wildman–Crippen MR) is 115 cm³/mol. The molecule has 4 rings (SSSR count). The average Bonchev–Trinajstić information content (AvgIpc) is 3.28. The number of nitrogens with one attached hydrogen (secondary N) is 2. The smallest absolute Gasteiger partial charge is 0.407 e. The Balaban J connectivity index is 1.48. The fourth-order valence-electron chi connectivity index (χ4n) is 4.12. The number of alkyl carbamates (subject to hydrolysis) is 1. The zero-order valence-electron chi connectivity index (χ0n) is 17.9. The minimum atomic E-state index is -0.477. The van der Waals surface area contributed by atoms with E-state index in [4.69, 9.17) is 14.7 Å². The maximum absolute atomic E-state index is 12.1. The Kier molecular flexibility index (Phi) is 5.27. The molecule has 2 aromatic rings. The number of piperidine rings is 1. The molecule has 2 aromatic heterocycles. The Hall–Kier alpha value is -2.51. The van der Waals surface area contributed by atoms with Crippen molar-refractivity contribution in [3.05, 3.63) is 11.8 Å². The summed E-state index contributed by atoms with van der Waals surface area (Å²) in [7, 11) is 0. The Labute approximate surface area is 172 Å². The van der Waals surface area contributed by atoms with E-state index in [1.807, 2.05) is 20.8 Å². The summed E-state index contributed by atoms with van der Waals surface area (Å²) in [6.45, 7) is 11.4. The molecule has 0 radical (unpaired) electrons. The highest BCUT2D eigenvalue weighted by molar-refractivity contribution is 5.89. The first-order chi connectivity index (χ1) is 13.8. The molecular formula is C21H32N6O2. The zero-order chi connectivity index (χ0) is 20.6. The van der Waals surface area contributed by atoms with Gasteiger partial charge in [-0.15, -0.1) is 0 Å². The van der Waals surface area contributed by atoms with Gasteiger partial charge in [0.05, 0.1) is 5.39 Å². The summed E-state index contributed by atoms with van der Waals surface area (Å²) < 4.78 is 5.39. The molecular weight excluding hydrogens is 368 g/mol. The predicted octanol–water partition coefficient (Wildman–Crippen LogP) is 3.36. The summed E-state index contributed by atoms with van der Waals surface area (Å²) >= 11 is 0. The first-order valence-corrected chi connectivity index (χ1v) is 10.7. The van der Waals surface area contributed by atoms with Crippen LogP contribution in [0.2, 0.25) is 0 Å². The number of amides is 1. The van der Waals surface area contributed by atoms with E-state index in [2.05, 4.69) is 33.1 Å². The van der Waals surface area contributed by atoms with Gasteiger partial charge in [0.25, 0.3) is 0 Å². The number of rotatable bonds is 3. The second kappa shape index (κ2) is 7.72. The zero-order valence-corrected chi connectivity index (χ0v) is 17.9. The highest BCUT2D eigenvalue weighted by Gasteiger charge is 2.27. The van der Waals surface area contributed by atoms with Crippen molar-refractivity contribution in [2.75, 3.05) is 36.0 Å². The molecule has 2 fully saturated rings. The van der Waals surface area contributed by atoms with Crippen molar-refractivity contribution < 1.29 is 9.53 Å². The van der Waals surface area contributed by atoms with Crippen LogP contribution in [0.15, 0.2) is 6.07 Å². The number of aromatic nitrogens is 3. The van der Waals surface area contributed by atoms with Crippen LogP contribution in [0.25, 0.3) is 11.0 Å². The van der Waals surface area contributed by atoms with Gasteiger partial charge in [0.15, 0.2) is 0 Å². The van der Waals surface area contributed by atoms with Crippen molar-refractivity contribution in [1.82, 2.24) is 20.3 Å². The Morgan fingerprint density at radius 1 is 1.14 bits per heavy atom. The molecule has 0 saturated carbocycles. The number of carbonyl (C=O) groups excluding carboxylic acids is 1. The van der Waals surface area contributed by atoms with Crippen LogP contribution in [0.5, 0.6) is 0 Å². The fraction of sp³-hybridized carbons (Fsp3) is 0.667. The van der Waals surface area contributed by atoms with E-state index < -0.39 is 5.60 Å². The molecule has 0 spiro atoms. The maximum Gasteiger partial charge on any atom is 0.407 e. The Morgan fingerprint density at radius 2 is 1.83 bits per heavy atom. The van der Waals surface area contributed by atoms with E-state index in [1.54, 1.807) is 0 Å². The van der Waals surface area contributed by atoms with Gasteiger partial charge in [-0.3, -0.25) is 0 Å². The van der Waals surface area contributed by atoms with E-state index in [0.717, 1.165) is 67.5 Å². The van der Waals surface area contributed by atoms with Crippen LogP contribution in [0.4, 0.5) is 16.6 Å². The van der Waals surface area contributed by atoms with Gasteiger partial charge >= 0.3 is 6.09 Å². The molecule has 4 heterocycles. The summed E-state index contributed by atoms with van der Waals surface area (Å²) in [5, 5.41) is 4.08. The minimum absolute atomic E-state index is 0.129. The number of anilines is 2. The standard InChI is InChI=1S/C21H32N6O2/c1-14-13-16-17(22-14)24-19(27-9-5-6-10-27)25-18(16)26-11-7-15(8-12-26)23-20(28)29-21(2,3)4/h13,15H,5-12H2,1-4H3,(H,23,28)(H,22,24,25). The van der Waals surface area contributed by atoms with Crippen LogP contribution in [-0.2, 0) is 4.74 Å². The van der Waals surface area contributed by atoms with E-state index in [1.165, 1.54) is 12.8 Å². The van der Waals surface area contributed by atoms with Crippen molar-refractivity contribution in [1.29, 1.82) is 0 Å². The van der Waals surface area contributed by atoms with Crippen LogP contribution >= 0.6 is 0 Å². The summed E-state index contributed by atoms with van der Waals surface area (Å²) in [5.74, 6) is 1.82. The van der Waals surface area contributed by atoms with Gasteiger partial charge in [-0.05, 0) is 59.4 Å². The molecule has 8 heteroatoms. The quantitative estimate of drug-likeness (QED) is 0.822. The number of hydrogen-bond acceptors (Lipinski definition) is 6. The normalized spacial score (nSPS) is 18.5. The summed E-state index contributed by atoms with van der Waals surface area (Å²) in [6.07, 6.45) is 3.79. The van der Waals surface area contributed by atoms with Crippen LogP contribution < -0.4 is 15.1 Å². The minimum Gasteiger partial charge on any atom is -0.444 e. The SMILES string of the molecule is Cc1cc2c(N3CCC(NC(=O)OC(C)(C)C)CC3)nc(N3CCCC3)nc2[nH]1. The third kappa shape index (κ3) is 4.57. The van der Waals surface area contributed by atoms with Crippen LogP contribution in [0, 0.1) is 6.92 Å². The van der Waals surface area contributed by atoms with Crippen LogP contribution in [-0.4, -0.2) is 58.9 Å². The van der Waals surface area contributed by atoms with Gasteiger partial charge in [-0.25, -0.2) is 4.79 Å². The summed E-state index contributed by atoms with van der Waals surface area (Å²) in [4.78, 5) is 29.8. The molecule has 0 unspecified atom stereocenters. The molecule has 29 heavy (non-hydrogen) atoms. The Bertz CT molecular complexity index is 873. The maximum atomic E-state index is 12.1. The first kappa shape index (κ1) is 19.8. The monoisotopic (exact) mass is 400 g/mol. The fourth-order valence-corrected chi connectivity index (χ4v) is 4.12. The molecule has 2 aliphatic rings. The highest BCUT2D eigenvalue weighted by atomic mass is 16.6. The number of aromatic amines is 1. The molecule has 0 atom stereocenters. The number of hydrogen-bond donors (Lipinski definition) is 2. The second-order valence-corrected chi connectivity index (χ2v) is 9.16. The third-order valence-corrected chi connectivity index (χ3v) is 5.49. The van der Waals surface area contributed by atoms with Gasteiger partial charge in [-0.2, -0.15) is 9.97 Å². The Morgan fingerprint density at radius 3 is 2.48 bits per heavy atom. The van der Waals surface area contributed by atoms with Crippen molar-refractivity contribution in [2.24, 2.45) is 0 Å².